The normalized spacial score (nSPS) is 14.2. The predicted octanol–water partition coefficient (Wildman–Crippen LogP) is 3.37. The Kier molecular flexibility index (Phi) is 1.54. The molecule has 0 aliphatic rings. The third kappa shape index (κ3) is 1.67. The monoisotopic (exact) mass is 186 g/mol. The predicted molar refractivity (Wildman–Crippen MR) is 59.1 cm³/mol. The fourth-order valence-corrected chi connectivity index (χ4v) is 1.32. The summed E-state index contributed by atoms with van der Waals surface area (Å²) in [5.74, 6) is 0. The molecule has 70 valence electrons. The minimum Gasteiger partial charge on any atom is -0.256 e. The Balaban J connectivity index is 2.45. The molecule has 0 saturated heterocycles. The third-order valence-electron chi connectivity index (χ3n) is 2.18. The van der Waals surface area contributed by atoms with Crippen molar-refractivity contribution in [2.45, 2.75) is 13.8 Å². The van der Waals surface area contributed by atoms with Crippen molar-refractivity contribution in [1.29, 1.82) is 0 Å². The zero-order valence-electron chi connectivity index (χ0n) is 11.0. The highest BCUT2D eigenvalue weighted by molar-refractivity contribution is 5.59. The van der Waals surface area contributed by atoms with Gasteiger partial charge < -0.3 is 0 Å². The fraction of sp³-hybridized carbons (Fsp3) is 0.154. The van der Waals surface area contributed by atoms with Crippen LogP contribution in [0.4, 0.5) is 0 Å². The molecule has 0 N–H and O–H groups in total. The second kappa shape index (κ2) is 3.62. The van der Waals surface area contributed by atoms with Gasteiger partial charge in [-0.05, 0) is 31.0 Å². The van der Waals surface area contributed by atoms with Crippen LogP contribution in [0.5, 0.6) is 0 Å². The highest BCUT2D eigenvalue weighted by atomic mass is 14.7. The van der Waals surface area contributed by atoms with Crippen LogP contribution < -0.4 is 0 Å². The summed E-state index contributed by atoms with van der Waals surface area (Å²) in [5, 5.41) is 0. The van der Waals surface area contributed by atoms with Crippen LogP contribution in [-0.2, 0) is 0 Å². The average molecular weight is 186 g/mol. The van der Waals surface area contributed by atoms with E-state index in [1.807, 2.05) is 36.4 Å². The van der Waals surface area contributed by atoms with E-state index in [2.05, 4.69) is 4.98 Å². The van der Waals surface area contributed by atoms with Crippen molar-refractivity contribution in [3.8, 4) is 11.3 Å². The third-order valence-corrected chi connectivity index (χ3v) is 2.18. The van der Waals surface area contributed by atoms with Crippen LogP contribution in [0, 0.1) is 13.8 Å². The maximum atomic E-state index is 7.38. The number of aryl methyl sites for hydroxylation is 2. The van der Waals surface area contributed by atoms with Crippen molar-refractivity contribution in [3.05, 3.63) is 53.7 Å². The Hall–Kier alpha value is -1.63. The number of pyridine rings is 1. The summed E-state index contributed by atoms with van der Waals surface area (Å²) in [5.41, 5.74) is 2.86. The first kappa shape index (κ1) is 5.97. The van der Waals surface area contributed by atoms with Crippen molar-refractivity contribution in [1.82, 2.24) is 4.98 Å². The molecule has 0 aliphatic carbocycles. The minimum absolute atomic E-state index is 0.317. The number of benzene rings is 1. The lowest BCUT2D eigenvalue weighted by Crippen LogP contribution is -1.87. The zero-order chi connectivity index (χ0) is 12.5. The maximum absolute atomic E-state index is 7.38. The molecule has 1 aromatic carbocycles. The van der Waals surface area contributed by atoms with Gasteiger partial charge in [-0.15, -0.1) is 0 Å². The van der Waals surface area contributed by atoms with Crippen molar-refractivity contribution in [2.75, 3.05) is 0 Å². The molecule has 1 nitrogen and oxygen atoms in total. The molecular weight excluding hydrogens is 170 g/mol. The van der Waals surface area contributed by atoms with Gasteiger partial charge in [0.15, 0.2) is 0 Å². The highest BCUT2D eigenvalue weighted by Gasteiger charge is 1.99. The summed E-state index contributed by atoms with van der Waals surface area (Å²) in [6.07, 6.45) is 1.45. The molecule has 1 aromatic heterocycles. The summed E-state index contributed by atoms with van der Waals surface area (Å²) in [7, 11) is 0. The number of nitrogens with zero attached hydrogens (tertiary/aromatic N) is 1. The summed E-state index contributed by atoms with van der Waals surface area (Å²) in [4.78, 5) is 4.22. The molecule has 0 spiro atoms. The molecule has 1 heteroatoms. The molecule has 0 aliphatic heterocycles. The van der Waals surface area contributed by atoms with E-state index in [1.54, 1.807) is 6.92 Å². The molecule has 2 rings (SSSR count). The molecule has 0 fully saturated rings. The molecule has 0 saturated carbocycles. The fourth-order valence-electron chi connectivity index (χ4n) is 1.32. The number of aromatic nitrogens is 1. The van der Waals surface area contributed by atoms with Gasteiger partial charge in [-0.25, -0.2) is 0 Å². The molecule has 0 amide bonds. The van der Waals surface area contributed by atoms with E-state index in [4.69, 9.17) is 4.11 Å². The Labute approximate surface area is 88.7 Å². The standard InChI is InChI=1S/C13H13N/c1-10-8-13(14-9-11(10)2)12-6-4-3-5-7-12/h3-9H,1-2H3/i2D3. The average Bonchev–Trinajstić information content (AvgIpc) is 2.28. The van der Waals surface area contributed by atoms with Crippen molar-refractivity contribution in [3.63, 3.8) is 0 Å². The molecule has 0 atom stereocenters. The molecule has 0 bridgehead atoms. The van der Waals surface area contributed by atoms with Crippen LogP contribution in [0.15, 0.2) is 42.6 Å². The second-order valence-electron chi connectivity index (χ2n) is 3.25. The van der Waals surface area contributed by atoms with E-state index >= 15 is 0 Å². The number of hydrogen-bond donors (Lipinski definition) is 0. The first-order valence-electron chi connectivity index (χ1n) is 6.01. The number of hydrogen-bond acceptors (Lipinski definition) is 1. The van der Waals surface area contributed by atoms with Crippen LogP contribution in [0.2, 0.25) is 0 Å². The van der Waals surface area contributed by atoms with Gasteiger partial charge in [-0.3, -0.25) is 4.98 Å². The van der Waals surface area contributed by atoms with E-state index < -0.39 is 6.85 Å². The Bertz CT molecular complexity index is 518. The summed E-state index contributed by atoms with van der Waals surface area (Å²) in [6, 6.07) is 11.5. The SMILES string of the molecule is [2H]C([2H])([2H])c1cnc(-c2ccccc2)cc1C. The molecule has 14 heavy (non-hydrogen) atoms. The van der Waals surface area contributed by atoms with Crippen LogP contribution >= 0.6 is 0 Å². The van der Waals surface area contributed by atoms with Crippen LogP contribution in [0.3, 0.4) is 0 Å². The first-order valence-corrected chi connectivity index (χ1v) is 4.51. The van der Waals surface area contributed by atoms with Gasteiger partial charge in [0.25, 0.3) is 0 Å². The van der Waals surface area contributed by atoms with Gasteiger partial charge in [0.1, 0.15) is 0 Å². The number of rotatable bonds is 1. The van der Waals surface area contributed by atoms with Gasteiger partial charge in [-0.2, -0.15) is 0 Å². The summed E-state index contributed by atoms with van der Waals surface area (Å²) >= 11 is 0. The van der Waals surface area contributed by atoms with Crippen LogP contribution in [0.1, 0.15) is 15.2 Å². The lowest BCUT2D eigenvalue weighted by Gasteiger charge is -2.03. The quantitative estimate of drug-likeness (QED) is 0.665. The molecular formula is C13H13N. The topological polar surface area (TPSA) is 12.9 Å². The van der Waals surface area contributed by atoms with Gasteiger partial charge in [0.2, 0.25) is 0 Å². The van der Waals surface area contributed by atoms with Crippen LogP contribution in [0.25, 0.3) is 11.3 Å². The van der Waals surface area contributed by atoms with Gasteiger partial charge in [-0.1, -0.05) is 30.3 Å². The summed E-state index contributed by atoms with van der Waals surface area (Å²) in [6.45, 7) is -0.290. The molecule has 0 unspecified atom stereocenters. The smallest absolute Gasteiger partial charge is 0.0704 e. The van der Waals surface area contributed by atoms with E-state index in [0.717, 1.165) is 16.8 Å². The zero-order valence-corrected chi connectivity index (χ0v) is 7.99. The molecule has 2 aromatic rings. The summed E-state index contributed by atoms with van der Waals surface area (Å²) < 4.78 is 22.1. The van der Waals surface area contributed by atoms with E-state index in [1.165, 1.54) is 6.20 Å². The van der Waals surface area contributed by atoms with E-state index in [0.29, 0.717) is 5.56 Å². The van der Waals surface area contributed by atoms with E-state index in [9.17, 15) is 0 Å². The second-order valence-corrected chi connectivity index (χ2v) is 3.25. The maximum Gasteiger partial charge on any atom is 0.0704 e. The van der Waals surface area contributed by atoms with Crippen LogP contribution in [-0.4, -0.2) is 4.98 Å². The van der Waals surface area contributed by atoms with Gasteiger partial charge in [0.05, 0.1) is 5.69 Å². The van der Waals surface area contributed by atoms with E-state index in [-0.39, 0.29) is 0 Å². The largest absolute Gasteiger partial charge is 0.256 e. The van der Waals surface area contributed by atoms with Gasteiger partial charge in [0, 0.05) is 15.9 Å². The minimum atomic E-state index is -2.09. The van der Waals surface area contributed by atoms with Crippen molar-refractivity contribution in [2.24, 2.45) is 0 Å². The van der Waals surface area contributed by atoms with Gasteiger partial charge >= 0.3 is 0 Å². The lowest BCUT2D eigenvalue weighted by molar-refractivity contribution is 1.22. The Morgan fingerprint density at radius 2 is 1.93 bits per heavy atom. The molecule has 1 heterocycles. The lowest BCUT2D eigenvalue weighted by atomic mass is 10.1. The first-order chi connectivity index (χ1) is 7.98. The Morgan fingerprint density at radius 1 is 1.14 bits per heavy atom. The molecule has 0 radical (unpaired) electrons. The van der Waals surface area contributed by atoms with Crippen molar-refractivity contribution < 1.29 is 4.11 Å². The van der Waals surface area contributed by atoms with Crippen molar-refractivity contribution >= 4 is 0 Å². The highest BCUT2D eigenvalue weighted by Crippen LogP contribution is 2.18. The Morgan fingerprint density at radius 3 is 2.57 bits per heavy atom.